The SMILES string of the molecule is CCCCOC(=O)CN(C)C(=O)CN(C)C(=O)OC. The summed E-state index contributed by atoms with van der Waals surface area (Å²) in [5, 5.41) is 0. The van der Waals surface area contributed by atoms with Crippen LogP contribution in [0.25, 0.3) is 0 Å². The van der Waals surface area contributed by atoms with Crippen molar-refractivity contribution >= 4 is 18.0 Å². The Morgan fingerprint density at radius 3 is 2.21 bits per heavy atom. The van der Waals surface area contributed by atoms with Crippen molar-refractivity contribution in [1.82, 2.24) is 9.80 Å². The quantitative estimate of drug-likeness (QED) is 0.499. The molecule has 0 aliphatic heterocycles. The molecule has 0 bridgehead atoms. The first-order valence-electron chi connectivity index (χ1n) is 6.11. The molecule has 0 aromatic heterocycles. The monoisotopic (exact) mass is 274 g/mol. The minimum Gasteiger partial charge on any atom is -0.464 e. The lowest BCUT2D eigenvalue weighted by Gasteiger charge is -2.20. The summed E-state index contributed by atoms with van der Waals surface area (Å²) in [6, 6.07) is 0. The van der Waals surface area contributed by atoms with Gasteiger partial charge in [0.2, 0.25) is 5.91 Å². The Labute approximate surface area is 113 Å². The van der Waals surface area contributed by atoms with Gasteiger partial charge in [0.15, 0.2) is 0 Å². The van der Waals surface area contributed by atoms with Gasteiger partial charge < -0.3 is 19.3 Å². The molecule has 0 spiro atoms. The van der Waals surface area contributed by atoms with Crippen molar-refractivity contribution in [2.45, 2.75) is 19.8 Å². The zero-order chi connectivity index (χ0) is 14.8. The zero-order valence-corrected chi connectivity index (χ0v) is 12.0. The summed E-state index contributed by atoms with van der Waals surface area (Å²) >= 11 is 0. The normalized spacial score (nSPS) is 9.68. The summed E-state index contributed by atoms with van der Waals surface area (Å²) < 4.78 is 9.40. The fourth-order valence-electron chi connectivity index (χ4n) is 1.20. The van der Waals surface area contributed by atoms with Crippen molar-refractivity contribution in [3.63, 3.8) is 0 Å². The topological polar surface area (TPSA) is 76.2 Å². The first-order valence-corrected chi connectivity index (χ1v) is 6.11. The van der Waals surface area contributed by atoms with Crippen LogP contribution in [0.5, 0.6) is 0 Å². The number of carbonyl (C=O) groups excluding carboxylic acids is 3. The van der Waals surface area contributed by atoms with Crippen molar-refractivity contribution in [2.24, 2.45) is 0 Å². The number of rotatable bonds is 7. The van der Waals surface area contributed by atoms with Crippen LogP contribution in [0.3, 0.4) is 0 Å². The first-order chi connectivity index (χ1) is 8.92. The fraction of sp³-hybridized carbons (Fsp3) is 0.750. The molecule has 0 atom stereocenters. The molecule has 0 rings (SSSR count). The second-order valence-electron chi connectivity index (χ2n) is 4.15. The molecular formula is C12H22N2O5. The van der Waals surface area contributed by atoms with Crippen LogP contribution >= 0.6 is 0 Å². The molecule has 7 nitrogen and oxygen atoms in total. The van der Waals surface area contributed by atoms with Gasteiger partial charge in [-0.15, -0.1) is 0 Å². The Morgan fingerprint density at radius 1 is 1.05 bits per heavy atom. The summed E-state index contributed by atoms with van der Waals surface area (Å²) in [4.78, 5) is 36.5. The number of nitrogens with zero attached hydrogens (tertiary/aromatic N) is 2. The van der Waals surface area contributed by atoms with Gasteiger partial charge >= 0.3 is 12.1 Å². The molecule has 0 aromatic rings. The lowest BCUT2D eigenvalue weighted by molar-refractivity contribution is -0.148. The lowest BCUT2D eigenvalue weighted by atomic mass is 10.4. The standard InChI is InChI=1S/C12H22N2O5/c1-5-6-7-19-11(16)9-13(2)10(15)8-14(3)12(17)18-4/h5-9H2,1-4H3. The van der Waals surface area contributed by atoms with Crippen molar-refractivity contribution in [3.8, 4) is 0 Å². The molecule has 2 amide bonds. The molecule has 0 saturated carbocycles. The number of unbranched alkanes of at least 4 members (excludes halogenated alkanes) is 1. The number of esters is 1. The second-order valence-corrected chi connectivity index (χ2v) is 4.15. The van der Waals surface area contributed by atoms with Crippen LogP contribution in [0.1, 0.15) is 19.8 Å². The molecule has 7 heteroatoms. The molecule has 0 saturated heterocycles. The number of likely N-dealkylation sites (N-methyl/N-ethyl adjacent to an activating group) is 2. The van der Waals surface area contributed by atoms with E-state index in [0.29, 0.717) is 6.61 Å². The summed E-state index contributed by atoms with van der Waals surface area (Å²) in [5.41, 5.74) is 0. The van der Waals surface area contributed by atoms with E-state index in [0.717, 1.165) is 17.7 Å². The van der Waals surface area contributed by atoms with Gasteiger partial charge in [-0.25, -0.2) is 4.79 Å². The summed E-state index contributed by atoms with van der Waals surface area (Å²) in [6.45, 7) is 2.08. The molecule has 19 heavy (non-hydrogen) atoms. The maximum atomic E-state index is 11.7. The van der Waals surface area contributed by atoms with Crippen LogP contribution in [0.2, 0.25) is 0 Å². The molecule has 0 unspecified atom stereocenters. The van der Waals surface area contributed by atoms with E-state index < -0.39 is 12.1 Å². The molecule has 110 valence electrons. The Balaban J connectivity index is 4.05. The molecule has 0 aromatic carbocycles. The van der Waals surface area contributed by atoms with Gasteiger partial charge in [-0.1, -0.05) is 13.3 Å². The number of amides is 2. The molecule has 0 radical (unpaired) electrons. The van der Waals surface area contributed by atoms with E-state index in [9.17, 15) is 14.4 Å². The van der Waals surface area contributed by atoms with E-state index in [4.69, 9.17) is 4.74 Å². The smallest absolute Gasteiger partial charge is 0.409 e. The molecule has 0 heterocycles. The first kappa shape index (κ1) is 17.2. The van der Waals surface area contributed by atoms with Gasteiger partial charge in [0.1, 0.15) is 13.1 Å². The predicted molar refractivity (Wildman–Crippen MR) is 68.5 cm³/mol. The van der Waals surface area contributed by atoms with E-state index in [1.54, 1.807) is 0 Å². The van der Waals surface area contributed by atoms with Crippen LogP contribution in [0.15, 0.2) is 0 Å². The highest BCUT2D eigenvalue weighted by Gasteiger charge is 2.18. The maximum absolute atomic E-state index is 11.7. The number of hydrogen-bond donors (Lipinski definition) is 0. The highest BCUT2D eigenvalue weighted by molar-refractivity contribution is 5.85. The van der Waals surface area contributed by atoms with E-state index in [2.05, 4.69) is 4.74 Å². The fourth-order valence-corrected chi connectivity index (χ4v) is 1.20. The minimum absolute atomic E-state index is 0.127. The van der Waals surface area contributed by atoms with Crippen LogP contribution in [0, 0.1) is 0 Å². The van der Waals surface area contributed by atoms with E-state index in [-0.39, 0.29) is 19.0 Å². The number of hydrogen-bond acceptors (Lipinski definition) is 5. The van der Waals surface area contributed by atoms with Crippen molar-refractivity contribution < 1.29 is 23.9 Å². The highest BCUT2D eigenvalue weighted by atomic mass is 16.5. The van der Waals surface area contributed by atoms with Crippen molar-refractivity contribution in [2.75, 3.05) is 40.9 Å². The summed E-state index contributed by atoms with van der Waals surface area (Å²) in [7, 11) is 4.16. The Morgan fingerprint density at radius 2 is 1.68 bits per heavy atom. The number of ether oxygens (including phenoxy) is 2. The average Bonchev–Trinajstić information content (AvgIpc) is 2.37. The third-order valence-corrected chi connectivity index (χ3v) is 2.41. The minimum atomic E-state index is -0.604. The third-order valence-electron chi connectivity index (χ3n) is 2.41. The van der Waals surface area contributed by atoms with E-state index >= 15 is 0 Å². The summed E-state index contributed by atoms with van der Waals surface area (Å²) in [5.74, 6) is -0.814. The van der Waals surface area contributed by atoms with Gasteiger partial charge in [-0.2, -0.15) is 0 Å². The summed E-state index contributed by atoms with van der Waals surface area (Å²) in [6.07, 6.45) is 1.13. The van der Waals surface area contributed by atoms with Crippen molar-refractivity contribution in [1.29, 1.82) is 0 Å². The average molecular weight is 274 g/mol. The Kier molecular flexibility index (Phi) is 8.32. The van der Waals surface area contributed by atoms with Gasteiger partial charge in [0.05, 0.1) is 13.7 Å². The molecular weight excluding hydrogens is 252 g/mol. The highest BCUT2D eigenvalue weighted by Crippen LogP contribution is 1.95. The van der Waals surface area contributed by atoms with Gasteiger partial charge in [0, 0.05) is 14.1 Å². The van der Waals surface area contributed by atoms with Crippen LogP contribution in [-0.4, -0.2) is 68.7 Å². The molecule has 0 aliphatic rings. The second kappa shape index (κ2) is 9.18. The third kappa shape index (κ3) is 7.28. The number of carbonyl (C=O) groups is 3. The predicted octanol–water partition coefficient (Wildman–Crippen LogP) is 0.486. The largest absolute Gasteiger partial charge is 0.464 e. The van der Waals surface area contributed by atoms with Gasteiger partial charge in [-0.05, 0) is 6.42 Å². The number of methoxy groups -OCH3 is 1. The van der Waals surface area contributed by atoms with E-state index in [1.165, 1.54) is 26.1 Å². The zero-order valence-electron chi connectivity index (χ0n) is 12.0. The maximum Gasteiger partial charge on any atom is 0.409 e. The van der Waals surface area contributed by atoms with Crippen molar-refractivity contribution in [3.05, 3.63) is 0 Å². The lowest BCUT2D eigenvalue weighted by Crippen LogP contribution is -2.41. The van der Waals surface area contributed by atoms with Crippen LogP contribution in [-0.2, 0) is 19.1 Å². The van der Waals surface area contributed by atoms with Gasteiger partial charge in [0.25, 0.3) is 0 Å². The van der Waals surface area contributed by atoms with Crippen LogP contribution < -0.4 is 0 Å². The van der Waals surface area contributed by atoms with E-state index in [1.807, 2.05) is 6.92 Å². The van der Waals surface area contributed by atoms with Gasteiger partial charge in [-0.3, -0.25) is 9.59 Å². The molecule has 0 fully saturated rings. The Bertz CT molecular complexity index is 319. The molecule has 0 aliphatic carbocycles. The Hall–Kier alpha value is -1.79. The molecule has 0 N–H and O–H groups in total. The van der Waals surface area contributed by atoms with Crippen LogP contribution in [0.4, 0.5) is 4.79 Å².